The first-order valence-corrected chi connectivity index (χ1v) is 9.00. The van der Waals surface area contributed by atoms with E-state index in [4.69, 9.17) is 22.2 Å². The molecule has 1 atom stereocenters. The fraction of sp³-hybridized carbons (Fsp3) is 0.500. The zero-order valence-electron chi connectivity index (χ0n) is 9.43. The number of rotatable bonds is 4. The van der Waals surface area contributed by atoms with Gasteiger partial charge in [-0.15, -0.1) is 22.2 Å². The van der Waals surface area contributed by atoms with Gasteiger partial charge in [-0.1, -0.05) is 45.0 Å². The Balaban J connectivity index is 2.71. The molecule has 0 heterocycles. The lowest BCUT2D eigenvalue weighted by molar-refractivity contribution is 0.842. The Morgan fingerprint density at radius 3 is 1.87 bits per heavy atom. The maximum atomic E-state index is 5.87. The van der Waals surface area contributed by atoms with Crippen molar-refractivity contribution in [3.8, 4) is 0 Å². The second-order valence-corrected chi connectivity index (χ2v) is 8.67. The van der Waals surface area contributed by atoms with Gasteiger partial charge in [-0.25, -0.2) is 0 Å². The number of benzene rings is 1. The molecular formula is C12H17Cl2Si. The third-order valence-corrected chi connectivity index (χ3v) is 4.48. The SMILES string of the molecule is CC(C)c1ccc(C(C)C[Si](Cl)Cl)cc1. The lowest BCUT2D eigenvalue weighted by Crippen LogP contribution is -2.01. The van der Waals surface area contributed by atoms with E-state index in [2.05, 4.69) is 45.0 Å². The second-order valence-electron chi connectivity index (χ2n) is 4.27. The van der Waals surface area contributed by atoms with Crippen LogP contribution in [0.4, 0.5) is 0 Å². The highest BCUT2D eigenvalue weighted by molar-refractivity contribution is 7.33. The van der Waals surface area contributed by atoms with Crippen LogP contribution in [0.3, 0.4) is 0 Å². The highest BCUT2D eigenvalue weighted by Crippen LogP contribution is 2.25. The summed E-state index contributed by atoms with van der Waals surface area (Å²) in [4.78, 5) is 0. The lowest BCUT2D eigenvalue weighted by atomic mass is 9.97. The molecule has 0 aliphatic rings. The molecule has 0 aliphatic carbocycles. The van der Waals surface area contributed by atoms with Crippen LogP contribution >= 0.6 is 22.2 Å². The van der Waals surface area contributed by atoms with Gasteiger partial charge in [0.05, 0.1) is 0 Å². The third-order valence-electron chi connectivity index (χ3n) is 2.63. The molecule has 0 aromatic heterocycles. The molecule has 1 aromatic carbocycles. The third kappa shape index (κ3) is 4.18. The van der Waals surface area contributed by atoms with E-state index in [-0.39, 0.29) is 0 Å². The van der Waals surface area contributed by atoms with Crippen molar-refractivity contribution in [2.24, 2.45) is 0 Å². The summed E-state index contributed by atoms with van der Waals surface area (Å²) < 4.78 is 0. The van der Waals surface area contributed by atoms with Crippen LogP contribution in [0.15, 0.2) is 24.3 Å². The van der Waals surface area contributed by atoms with Crippen molar-refractivity contribution < 1.29 is 0 Å². The average Bonchev–Trinajstić information content (AvgIpc) is 2.17. The van der Waals surface area contributed by atoms with E-state index in [1.54, 1.807) is 0 Å². The molecule has 0 fully saturated rings. The normalized spacial score (nSPS) is 13.5. The van der Waals surface area contributed by atoms with E-state index in [1.807, 2.05) is 0 Å². The van der Waals surface area contributed by atoms with Gasteiger partial charge in [0.15, 0.2) is 0 Å². The summed E-state index contributed by atoms with van der Waals surface area (Å²) in [6.45, 7) is 6.59. The van der Waals surface area contributed by atoms with Crippen LogP contribution < -0.4 is 0 Å². The van der Waals surface area contributed by atoms with Crippen molar-refractivity contribution in [1.29, 1.82) is 0 Å². The van der Waals surface area contributed by atoms with E-state index in [1.165, 1.54) is 11.1 Å². The molecule has 0 nitrogen and oxygen atoms in total. The Kier molecular flexibility index (Phi) is 5.17. The van der Waals surface area contributed by atoms with Gasteiger partial charge in [-0.2, -0.15) is 0 Å². The lowest BCUT2D eigenvalue weighted by Gasteiger charge is -2.13. The van der Waals surface area contributed by atoms with Gasteiger partial charge in [-0.05, 0) is 29.0 Å². The van der Waals surface area contributed by atoms with E-state index in [0.717, 1.165) is 6.04 Å². The maximum absolute atomic E-state index is 5.87. The minimum Gasteiger partial charge on any atom is -0.147 e. The average molecular weight is 260 g/mol. The van der Waals surface area contributed by atoms with Crippen molar-refractivity contribution >= 4 is 29.6 Å². The van der Waals surface area contributed by atoms with Gasteiger partial charge in [0, 0.05) is 0 Å². The van der Waals surface area contributed by atoms with Gasteiger partial charge in [0.2, 0.25) is 0 Å². The summed E-state index contributed by atoms with van der Waals surface area (Å²) in [5.41, 5.74) is 2.72. The summed E-state index contributed by atoms with van der Waals surface area (Å²) in [5.74, 6) is 1.06. The molecule has 3 heteroatoms. The van der Waals surface area contributed by atoms with E-state index >= 15 is 0 Å². The Morgan fingerprint density at radius 1 is 1.00 bits per heavy atom. The quantitative estimate of drug-likeness (QED) is 0.534. The molecule has 0 spiro atoms. The Hall–Kier alpha value is 0.0169. The van der Waals surface area contributed by atoms with Crippen LogP contribution in [0.2, 0.25) is 6.04 Å². The van der Waals surface area contributed by atoms with Crippen LogP contribution in [0.25, 0.3) is 0 Å². The van der Waals surface area contributed by atoms with Crippen molar-refractivity contribution in [3.05, 3.63) is 35.4 Å². The smallest absolute Gasteiger partial charge is 0.147 e. The standard InChI is InChI=1S/C12H17Cl2Si/c1-9(2)11-4-6-12(7-5-11)10(3)8-15(13)14/h4-7,9-10H,8H2,1-3H3. The summed E-state index contributed by atoms with van der Waals surface area (Å²) in [6, 6.07) is 9.70. The van der Waals surface area contributed by atoms with Crippen molar-refractivity contribution in [2.75, 3.05) is 0 Å². The molecule has 0 saturated heterocycles. The van der Waals surface area contributed by atoms with Gasteiger partial charge in [0.1, 0.15) is 0 Å². The van der Waals surface area contributed by atoms with E-state index < -0.39 is 7.42 Å². The van der Waals surface area contributed by atoms with Crippen LogP contribution in [-0.2, 0) is 0 Å². The highest BCUT2D eigenvalue weighted by Gasteiger charge is 2.12. The van der Waals surface area contributed by atoms with E-state index in [0.29, 0.717) is 11.8 Å². The number of hydrogen-bond donors (Lipinski definition) is 0. The van der Waals surface area contributed by atoms with Crippen LogP contribution in [-0.4, -0.2) is 7.42 Å². The zero-order valence-corrected chi connectivity index (χ0v) is 11.9. The summed E-state index contributed by atoms with van der Waals surface area (Å²) in [5, 5.41) is 0. The fourth-order valence-corrected chi connectivity index (χ4v) is 3.65. The molecule has 15 heavy (non-hydrogen) atoms. The predicted octanol–water partition coefficient (Wildman–Crippen LogP) is 4.88. The zero-order chi connectivity index (χ0) is 11.4. The first-order chi connectivity index (χ1) is 7.00. The summed E-state index contributed by atoms with van der Waals surface area (Å²) >= 11 is 11.7. The van der Waals surface area contributed by atoms with Crippen LogP contribution in [0.5, 0.6) is 0 Å². The van der Waals surface area contributed by atoms with Crippen molar-refractivity contribution in [3.63, 3.8) is 0 Å². The minimum absolute atomic E-state index is 0.468. The second kappa shape index (κ2) is 5.93. The molecule has 0 bridgehead atoms. The van der Waals surface area contributed by atoms with Gasteiger partial charge < -0.3 is 0 Å². The van der Waals surface area contributed by atoms with Crippen molar-refractivity contribution in [1.82, 2.24) is 0 Å². The number of hydrogen-bond acceptors (Lipinski definition) is 0. The Bertz CT molecular complexity index is 293. The molecule has 1 rings (SSSR count). The molecular weight excluding hydrogens is 243 g/mol. The minimum atomic E-state index is -1.16. The molecule has 0 saturated carbocycles. The molecule has 83 valence electrons. The van der Waals surface area contributed by atoms with Gasteiger partial charge in [-0.3, -0.25) is 0 Å². The van der Waals surface area contributed by atoms with Crippen molar-refractivity contribution in [2.45, 2.75) is 38.7 Å². The van der Waals surface area contributed by atoms with Crippen LogP contribution in [0, 0.1) is 0 Å². The van der Waals surface area contributed by atoms with Gasteiger partial charge >= 0.3 is 0 Å². The van der Waals surface area contributed by atoms with E-state index in [9.17, 15) is 0 Å². The summed E-state index contributed by atoms with van der Waals surface area (Å²) in [7, 11) is -1.16. The first-order valence-electron chi connectivity index (χ1n) is 5.27. The molecule has 0 N–H and O–H groups in total. The fourth-order valence-electron chi connectivity index (χ4n) is 1.56. The molecule has 1 aromatic rings. The molecule has 1 unspecified atom stereocenters. The number of halogens is 2. The predicted molar refractivity (Wildman–Crippen MR) is 71.2 cm³/mol. The molecule has 0 amide bonds. The molecule has 0 aliphatic heterocycles. The Morgan fingerprint density at radius 2 is 1.47 bits per heavy atom. The monoisotopic (exact) mass is 259 g/mol. The summed E-state index contributed by atoms with van der Waals surface area (Å²) in [6.07, 6.45) is 0. The van der Waals surface area contributed by atoms with Gasteiger partial charge in [0.25, 0.3) is 7.42 Å². The van der Waals surface area contributed by atoms with Crippen LogP contribution in [0.1, 0.15) is 43.7 Å². The molecule has 1 radical (unpaired) electrons. The topological polar surface area (TPSA) is 0 Å². The highest BCUT2D eigenvalue weighted by atomic mass is 35.7. The maximum Gasteiger partial charge on any atom is 0.274 e. The first kappa shape index (κ1) is 13.1. The Labute approximate surface area is 104 Å². The largest absolute Gasteiger partial charge is 0.274 e.